The van der Waals surface area contributed by atoms with Gasteiger partial charge in [0.2, 0.25) is 0 Å². The standard InChI is InChI=1S/C19H19BrClNSi/c1-14-5-8-16(9-6-14)22-19(11-12-23(2,3)4)17-10-7-15(20)13-18(17)21/h5-10,13H,1-4H3. The predicted molar refractivity (Wildman–Crippen MR) is 108 cm³/mol. The molecule has 0 saturated heterocycles. The molecule has 0 aliphatic carbocycles. The summed E-state index contributed by atoms with van der Waals surface area (Å²) in [6.45, 7) is 8.71. The SMILES string of the molecule is Cc1ccc(N=C(C#C[Si](C)(C)C)c2ccc(Br)cc2Cl)cc1. The number of benzene rings is 2. The molecule has 0 radical (unpaired) electrons. The van der Waals surface area contributed by atoms with Crippen LogP contribution in [0.1, 0.15) is 11.1 Å². The number of hydrogen-bond acceptors (Lipinski definition) is 1. The Labute approximate surface area is 152 Å². The van der Waals surface area contributed by atoms with E-state index in [0.717, 1.165) is 15.7 Å². The van der Waals surface area contributed by atoms with Gasteiger partial charge in [-0.1, -0.05) is 70.8 Å². The number of aliphatic imine (C=N–C) groups is 1. The van der Waals surface area contributed by atoms with Crippen LogP contribution in [0.25, 0.3) is 0 Å². The van der Waals surface area contributed by atoms with Gasteiger partial charge < -0.3 is 0 Å². The number of nitrogens with zero attached hydrogens (tertiary/aromatic N) is 1. The number of hydrogen-bond donors (Lipinski definition) is 0. The van der Waals surface area contributed by atoms with Gasteiger partial charge in [-0.2, -0.15) is 0 Å². The molecule has 1 nitrogen and oxygen atoms in total. The Hall–Kier alpha value is -1.34. The molecular weight excluding hydrogens is 386 g/mol. The van der Waals surface area contributed by atoms with Crippen molar-refractivity contribution in [3.8, 4) is 11.5 Å². The molecule has 0 amide bonds. The Morgan fingerprint density at radius 1 is 1.09 bits per heavy atom. The smallest absolute Gasteiger partial charge is 0.129 e. The second kappa shape index (κ2) is 7.48. The van der Waals surface area contributed by atoms with Gasteiger partial charge in [-0.25, -0.2) is 4.99 Å². The van der Waals surface area contributed by atoms with Crippen LogP contribution in [0.5, 0.6) is 0 Å². The molecule has 0 saturated carbocycles. The third kappa shape index (κ3) is 5.66. The lowest BCUT2D eigenvalue weighted by molar-refractivity contribution is 1.43. The Morgan fingerprint density at radius 2 is 1.74 bits per heavy atom. The quantitative estimate of drug-likeness (QED) is 0.311. The maximum atomic E-state index is 6.40. The van der Waals surface area contributed by atoms with Crippen LogP contribution < -0.4 is 0 Å². The summed E-state index contributed by atoms with van der Waals surface area (Å²) in [5.74, 6) is 3.26. The summed E-state index contributed by atoms with van der Waals surface area (Å²) in [6, 6.07) is 13.9. The first-order valence-corrected chi connectivity index (χ1v) is 12.1. The maximum absolute atomic E-state index is 6.40. The van der Waals surface area contributed by atoms with Gasteiger partial charge in [0.05, 0.1) is 10.7 Å². The molecule has 0 fully saturated rings. The Balaban J connectivity index is 2.55. The van der Waals surface area contributed by atoms with Crippen molar-refractivity contribution in [3.05, 3.63) is 63.1 Å². The van der Waals surface area contributed by atoms with E-state index in [1.54, 1.807) is 0 Å². The van der Waals surface area contributed by atoms with Gasteiger partial charge in [0, 0.05) is 10.0 Å². The zero-order valence-corrected chi connectivity index (χ0v) is 17.1. The first-order valence-electron chi connectivity index (χ1n) is 7.38. The van der Waals surface area contributed by atoms with Crippen LogP contribution in [0.4, 0.5) is 5.69 Å². The van der Waals surface area contributed by atoms with Crippen LogP contribution in [0.3, 0.4) is 0 Å². The number of halogens is 2. The van der Waals surface area contributed by atoms with Crippen molar-refractivity contribution in [1.82, 2.24) is 0 Å². The highest BCUT2D eigenvalue weighted by Crippen LogP contribution is 2.24. The predicted octanol–water partition coefficient (Wildman–Crippen LogP) is 6.41. The van der Waals surface area contributed by atoms with Crippen LogP contribution in [-0.4, -0.2) is 13.8 Å². The van der Waals surface area contributed by atoms with Crippen LogP contribution in [0.15, 0.2) is 51.9 Å². The largest absolute Gasteiger partial charge is 0.239 e. The molecule has 2 rings (SSSR count). The van der Waals surface area contributed by atoms with E-state index in [1.807, 2.05) is 42.5 Å². The molecule has 0 N–H and O–H groups in total. The summed E-state index contributed by atoms with van der Waals surface area (Å²) in [5.41, 5.74) is 7.05. The molecule has 2 aromatic carbocycles. The summed E-state index contributed by atoms with van der Waals surface area (Å²) >= 11 is 9.84. The molecular formula is C19H19BrClNSi. The van der Waals surface area contributed by atoms with Crippen molar-refractivity contribution in [2.24, 2.45) is 4.99 Å². The minimum atomic E-state index is -1.50. The summed E-state index contributed by atoms with van der Waals surface area (Å²) in [5, 5.41) is 0.648. The average Bonchev–Trinajstić information content (AvgIpc) is 2.45. The lowest BCUT2D eigenvalue weighted by Gasteiger charge is -2.07. The van der Waals surface area contributed by atoms with E-state index in [1.165, 1.54) is 5.56 Å². The zero-order chi connectivity index (χ0) is 17.0. The molecule has 0 aliphatic heterocycles. The van der Waals surface area contributed by atoms with Gasteiger partial charge in [0.15, 0.2) is 0 Å². The highest BCUT2D eigenvalue weighted by molar-refractivity contribution is 9.10. The Morgan fingerprint density at radius 3 is 2.30 bits per heavy atom. The van der Waals surface area contributed by atoms with Crippen molar-refractivity contribution in [1.29, 1.82) is 0 Å². The molecule has 0 atom stereocenters. The lowest BCUT2D eigenvalue weighted by Crippen LogP contribution is -2.17. The van der Waals surface area contributed by atoms with E-state index in [2.05, 4.69) is 54.0 Å². The highest BCUT2D eigenvalue weighted by Gasteiger charge is 2.11. The lowest BCUT2D eigenvalue weighted by atomic mass is 10.1. The van der Waals surface area contributed by atoms with E-state index in [-0.39, 0.29) is 0 Å². The third-order valence-electron chi connectivity index (χ3n) is 3.02. The molecule has 0 bridgehead atoms. The molecule has 118 valence electrons. The van der Waals surface area contributed by atoms with Crippen molar-refractivity contribution >= 4 is 47.0 Å². The first kappa shape index (κ1) is 18.0. The maximum Gasteiger partial charge on any atom is 0.129 e. The second-order valence-electron chi connectivity index (χ2n) is 6.42. The van der Waals surface area contributed by atoms with Crippen LogP contribution in [-0.2, 0) is 0 Å². The normalized spacial score (nSPS) is 11.8. The molecule has 2 aromatic rings. The molecule has 0 spiro atoms. The highest BCUT2D eigenvalue weighted by atomic mass is 79.9. The van der Waals surface area contributed by atoms with Gasteiger partial charge in [0.1, 0.15) is 13.8 Å². The van der Waals surface area contributed by atoms with Crippen LogP contribution in [0, 0.1) is 18.4 Å². The van der Waals surface area contributed by atoms with Gasteiger partial charge in [-0.05, 0) is 37.3 Å². The minimum Gasteiger partial charge on any atom is -0.239 e. The van der Waals surface area contributed by atoms with E-state index in [0.29, 0.717) is 10.7 Å². The fourth-order valence-corrected chi connectivity index (χ4v) is 3.09. The van der Waals surface area contributed by atoms with Crippen molar-refractivity contribution in [2.45, 2.75) is 26.6 Å². The van der Waals surface area contributed by atoms with Crippen molar-refractivity contribution in [3.63, 3.8) is 0 Å². The Kier molecular flexibility index (Phi) is 5.86. The fraction of sp³-hybridized carbons (Fsp3) is 0.211. The molecule has 0 unspecified atom stereocenters. The summed E-state index contributed by atoms with van der Waals surface area (Å²) in [6.07, 6.45) is 0. The topological polar surface area (TPSA) is 12.4 Å². The summed E-state index contributed by atoms with van der Waals surface area (Å²) in [7, 11) is -1.50. The second-order valence-corrected chi connectivity index (χ2v) is 12.5. The summed E-state index contributed by atoms with van der Waals surface area (Å²) in [4.78, 5) is 4.73. The van der Waals surface area contributed by atoms with E-state index < -0.39 is 8.07 Å². The van der Waals surface area contributed by atoms with Crippen molar-refractivity contribution < 1.29 is 0 Å². The molecule has 4 heteroatoms. The van der Waals surface area contributed by atoms with Gasteiger partial charge >= 0.3 is 0 Å². The number of aryl methyl sites for hydroxylation is 1. The first-order chi connectivity index (χ1) is 10.7. The Bertz CT molecular complexity index is 793. The van der Waals surface area contributed by atoms with Gasteiger partial charge in [0.25, 0.3) is 0 Å². The third-order valence-corrected chi connectivity index (χ3v) is 4.70. The molecule has 0 heterocycles. The molecule has 0 aromatic heterocycles. The monoisotopic (exact) mass is 403 g/mol. The molecule has 23 heavy (non-hydrogen) atoms. The van der Waals surface area contributed by atoms with Crippen molar-refractivity contribution in [2.75, 3.05) is 0 Å². The average molecular weight is 405 g/mol. The van der Waals surface area contributed by atoms with Gasteiger partial charge in [-0.15, -0.1) is 5.54 Å². The van der Waals surface area contributed by atoms with E-state index in [4.69, 9.17) is 16.6 Å². The van der Waals surface area contributed by atoms with E-state index in [9.17, 15) is 0 Å². The van der Waals surface area contributed by atoms with Crippen LogP contribution >= 0.6 is 27.5 Å². The minimum absolute atomic E-state index is 0.648. The summed E-state index contributed by atoms with van der Waals surface area (Å²) < 4.78 is 0.944. The fourth-order valence-electron chi connectivity index (χ4n) is 1.83. The molecule has 0 aliphatic rings. The zero-order valence-electron chi connectivity index (χ0n) is 13.7. The van der Waals surface area contributed by atoms with E-state index >= 15 is 0 Å². The number of rotatable bonds is 2. The van der Waals surface area contributed by atoms with Crippen LogP contribution in [0.2, 0.25) is 24.7 Å². The van der Waals surface area contributed by atoms with Gasteiger partial charge in [-0.3, -0.25) is 0 Å².